The predicted octanol–water partition coefficient (Wildman–Crippen LogP) is 1.95. The summed E-state index contributed by atoms with van der Waals surface area (Å²) in [6.07, 6.45) is 3.84. The van der Waals surface area contributed by atoms with Crippen LogP contribution < -0.4 is 5.32 Å². The first-order valence-corrected chi connectivity index (χ1v) is 8.08. The SMILES string of the molecule is COC(=O)C1=C(C)N[C@H]2CC=CC(=O)[C@H]2[C@@H]1c1ccc(O)c([N+](=O)[O-])c1. The van der Waals surface area contributed by atoms with E-state index >= 15 is 0 Å². The molecule has 1 aromatic rings. The Labute approximate surface area is 149 Å². The topological polar surface area (TPSA) is 119 Å². The van der Waals surface area contributed by atoms with Gasteiger partial charge in [-0.05, 0) is 31.1 Å². The van der Waals surface area contributed by atoms with Gasteiger partial charge in [0.05, 0.1) is 23.5 Å². The summed E-state index contributed by atoms with van der Waals surface area (Å²) in [5.74, 6) is -2.54. The third-order valence-electron chi connectivity index (χ3n) is 4.87. The molecule has 1 aromatic carbocycles. The Morgan fingerprint density at radius 3 is 2.81 bits per heavy atom. The van der Waals surface area contributed by atoms with Crippen LogP contribution in [0.25, 0.3) is 0 Å². The maximum Gasteiger partial charge on any atom is 0.336 e. The molecule has 3 atom stereocenters. The molecule has 1 aliphatic heterocycles. The van der Waals surface area contributed by atoms with Crippen molar-refractivity contribution in [1.82, 2.24) is 5.32 Å². The predicted molar refractivity (Wildman–Crippen MR) is 91.4 cm³/mol. The summed E-state index contributed by atoms with van der Waals surface area (Å²) in [5.41, 5.74) is 0.770. The minimum Gasteiger partial charge on any atom is -0.502 e. The van der Waals surface area contributed by atoms with E-state index in [9.17, 15) is 24.8 Å². The van der Waals surface area contributed by atoms with Crippen LogP contribution in [0.15, 0.2) is 41.6 Å². The fourth-order valence-corrected chi connectivity index (χ4v) is 3.74. The van der Waals surface area contributed by atoms with Crippen molar-refractivity contribution in [3.05, 3.63) is 57.3 Å². The largest absolute Gasteiger partial charge is 0.502 e. The van der Waals surface area contributed by atoms with Crippen molar-refractivity contribution in [3.63, 3.8) is 0 Å². The Hall–Kier alpha value is -3.16. The highest BCUT2D eigenvalue weighted by Gasteiger charge is 2.45. The number of fused-ring (bicyclic) bond motifs is 1. The monoisotopic (exact) mass is 358 g/mol. The minimum atomic E-state index is -0.703. The number of hydrogen-bond acceptors (Lipinski definition) is 7. The number of phenolic OH excluding ortho intramolecular Hbond substituents is 1. The molecule has 1 aliphatic carbocycles. The first kappa shape index (κ1) is 17.7. The summed E-state index contributed by atoms with van der Waals surface area (Å²) in [7, 11) is 1.24. The van der Waals surface area contributed by atoms with Gasteiger partial charge < -0.3 is 15.2 Å². The molecule has 8 heteroatoms. The lowest BCUT2D eigenvalue weighted by molar-refractivity contribution is -0.385. The highest BCUT2D eigenvalue weighted by atomic mass is 16.6. The van der Waals surface area contributed by atoms with Crippen molar-refractivity contribution in [2.75, 3.05) is 7.11 Å². The second kappa shape index (κ2) is 6.62. The molecular weight excluding hydrogens is 340 g/mol. The molecule has 26 heavy (non-hydrogen) atoms. The van der Waals surface area contributed by atoms with Crippen LogP contribution >= 0.6 is 0 Å². The van der Waals surface area contributed by atoms with Gasteiger partial charge in [0.25, 0.3) is 0 Å². The number of ketones is 1. The molecule has 8 nitrogen and oxygen atoms in total. The number of carbonyl (C=O) groups is 2. The van der Waals surface area contributed by atoms with Gasteiger partial charge in [-0.1, -0.05) is 12.1 Å². The van der Waals surface area contributed by atoms with Crippen molar-refractivity contribution in [2.24, 2.45) is 5.92 Å². The number of ether oxygens (including phenoxy) is 1. The molecule has 0 spiro atoms. The number of aromatic hydroxyl groups is 1. The van der Waals surface area contributed by atoms with E-state index in [0.29, 0.717) is 17.7 Å². The van der Waals surface area contributed by atoms with Gasteiger partial charge in [0.2, 0.25) is 0 Å². The summed E-state index contributed by atoms with van der Waals surface area (Å²) >= 11 is 0. The van der Waals surface area contributed by atoms with Crippen molar-refractivity contribution in [1.29, 1.82) is 0 Å². The van der Waals surface area contributed by atoms with Crippen molar-refractivity contribution < 1.29 is 24.4 Å². The first-order chi connectivity index (χ1) is 12.3. The molecule has 2 aliphatic rings. The molecular formula is C18H18N2O6. The number of nitro groups is 1. The number of benzene rings is 1. The van der Waals surface area contributed by atoms with Gasteiger partial charge in [0.15, 0.2) is 11.5 Å². The van der Waals surface area contributed by atoms with Gasteiger partial charge in [-0.15, -0.1) is 0 Å². The Morgan fingerprint density at radius 1 is 1.42 bits per heavy atom. The van der Waals surface area contributed by atoms with Crippen LogP contribution in [0.1, 0.15) is 24.8 Å². The van der Waals surface area contributed by atoms with Crippen LogP contribution in [0, 0.1) is 16.0 Å². The molecule has 0 fully saturated rings. The molecule has 1 heterocycles. The number of hydrogen-bond donors (Lipinski definition) is 2. The van der Waals surface area contributed by atoms with Gasteiger partial charge in [0, 0.05) is 23.7 Å². The lowest BCUT2D eigenvalue weighted by atomic mass is 9.69. The molecule has 0 radical (unpaired) electrons. The van der Waals surface area contributed by atoms with E-state index < -0.39 is 34.2 Å². The standard InChI is InChI=1S/C18H18N2O6/c1-9-15(18(23)26-2)16(17-11(19-9)4-3-5-14(17)22)10-6-7-13(21)12(8-10)20(24)25/h3,5-8,11,16-17,19,21H,4H2,1-2H3/t11-,16+,17-/m0/s1. The van der Waals surface area contributed by atoms with E-state index in [0.717, 1.165) is 0 Å². The summed E-state index contributed by atoms with van der Waals surface area (Å²) in [4.78, 5) is 35.5. The Morgan fingerprint density at radius 2 is 2.15 bits per heavy atom. The first-order valence-electron chi connectivity index (χ1n) is 8.08. The van der Waals surface area contributed by atoms with Crippen LogP contribution in [-0.4, -0.2) is 34.9 Å². The van der Waals surface area contributed by atoms with Crippen LogP contribution in [0.2, 0.25) is 0 Å². The zero-order valence-corrected chi connectivity index (χ0v) is 14.3. The number of methoxy groups -OCH3 is 1. The van der Waals surface area contributed by atoms with E-state index in [4.69, 9.17) is 4.74 Å². The number of rotatable bonds is 3. The molecule has 2 N–H and O–H groups in total. The second-order valence-corrected chi connectivity index (χ2v) is 6.33. The zero-order valence-electron chi connectivity index (χ0n) is 14.3. The highest BCUT2D eigenvalue weighted by Crippen LogP contribution is 2.44. The number of esters is 1. The molecule has 0 unspecified atom stereocenters. The fourth-order valence-electron chi connectivity index (χ4n) is 3.74. The quantitative estimate of drug-likeness (QED) is 0.481. The third-order valence-corrected chi connectivity index (χ3v) is 4.87. The Kier molecular flexibility index (Phi) is 4.50. The van der Waals surface area contributed by atoms with E-state index in [1.807, 2.05) is 0 Å². The van der Waals surface area contributed by atoms with Crippen LogP contribution in [-0.2, 0) is 14.3 Å². The lowest BCUT2D eigenvalue weighted by Crippen LogP contribution is -2.49. The van der Waals surface area contributed by atoms with Crippen LogP contribution in [0.4, 0.5) is 5.69 Å². The Bertz CT molecular complexity index is 857. The van der Waals surface area contributed by atoms with Gasteiger partial charge in [-0.2, -0.15) is 0 Å². The van der Waals surface area contributed by atoms with Crippen molar-refractivity contribution in [3.8, 4) is 5.75 Å². The molecule has 0 amide bonds. The van der Waals surface area contributed by atoms with Crippen molar-refractivity contribution >= 4 is 17.4 Å². The number of allylic oxidation sites excluding steroid dienone is 2. The summed E-state index contributed by atoms with van der Waals surface area (Å²) in [6.45, 7) is 1.72. The average molecular weight is 358 g/mol. The highest BCUT2D eigenvalue weighted by molar-refractivity contribution is 5.98. The lowest BCUT2D eigenvalue weighted by Gasteiger charge is -2.40. The minimum absolute atomic E-state index is 0.164. The maximum absolute atomic E-state index is 12.6. The molecule has 3 rings (SSSR count). The third kappa shape index (κ3) is 2.83. The number of nitrogens with zero attached hydrogens (tertiary/aromatic N) is 1. The smallest absolute Gasteiger partial charge is 0.336 e. The Balaban J connectivity index is 2.21. The molecule has 136 valence electrons. The number of phenols is 1. The summed E-state index contributed by atoms with van der Waals surface area (Å²) < 4.78 is 4.88. The van der Waals surface area contributed by atoms with E-state index in [2.05, 4.69) is 5.32 Å². The maximum atomic E-state index is 12.6. The van der Waals surface area contributed by atoms with Gasteiger partial charge in [0.1, 0.15) is 0 Å². The molecule has 0 aromatic heterocycles. The average Bonchev–Trinajstić information content (AvgIpc) is 2.60. The van der Waals surface area contributed by atoms with Crippen LogP contribution in [0.5, 0.6) is 5.75 Å². The van der Waals surface area contributed by atoms with E-state index in [1.165, 1.54) is 31.4 Å². The molecule has 0 bridgehead atoms. The van der Waals surface area contributed by atoms with Gasteiger partial charge >= 0.3 is 11.7 Å². The van der Waals surface area contributed by atoms with E-state index in [-0.39, 0.29) is 17.4 Å². The van der Waals surface area contributed by atoms with Crippen LogP contribution in [0.3, 0.4) is 0 Å². The molecule has 0 saturated heterocycles. The normalized spacial score (nSPS) is 24.7. The number of nitro benzene ring substituents is 1. The number of carbonyl (C=O) groups excluding carboxylic acids is 2. The summed E-state index contributed by atoms with van der Waals surface area (Å²) in [5, 5.41) is 24.1. The molecule has 0 saturated carbocycles. The second-order valence-electron chi connectivity index (χ2n) is 6.33. The van der Waals surface area contributed by atoms with Gasteiger partial charge in [-0.3, -0.25) is 14.9 Å². The van der Waals surface area contributed by atoms with E-state index in [1.54, 1.807) is 13.0 Å². The number of nitrogens with one attached hydrogen (secondary N) is 1. The summed E-state index contributed by atoms with van der Waals surface area (Å²) in [6, 6.07) is 3.69. The van der Waals surface area contributed by atoms with Gasteiger partial charge in [-0.25, -0.2) is 4.79 Å². The van der Waals surface area contributed by atoms with Crippen molar-refractivity contribution in [2.45, 2.75) is 25.3 Å². The zero-order chi connectivity index (χ0) is 19.0. The fraction of sp³-hybridized carbons (Fsp3) is 0.333.